The van der Waals surface area contributed by atoms with E-state index in [0.717, 1.165) is 6.61 Å². The fourth-order valence-electron chi connectivity index (χ4n) is 1.21. The molecule has 7 heteroatoms. The molecule has 0 saturated heterocycles. The lowest BCUT2D eigenvalue weighted by molar-refractivity contribution is 0.0640. The number of ether oxygens (including phenoxy) is 1. The van der Waals surface area contributed by atoms with Crippen molar-refractivity contribution in [3.05, 3.63) is 0 Å². The van der Waals surface area contributed by atoms with Crippen LogP contribution < -0.4 is 0 Å². The summed E-state index contributed by atoms with van der Waals surface area (Å²) in [5.74, 6) is 0.691. The number of rotatable bonds is 8. The van der Waals surface area contributed by atoms with Crippen molar-refractivity contribution in [1.82, 2.24) is 0 Å². The fourth-order valence-corrected chi connectivity index (χ4v) is 1.21. The van der Waals surface area contributed by atoms with Crippen molar-refractivity contribution in [3.63, 3.8) is 0 Å². The van der Waals surface area contributed by atoms with Crippen LogP contribution in [0.1, 0.15) is 39.5 Å². The monoisotopic (exact) mass is 272 g/mol. The molecule has 0 heterocycles. The van der Waals surface area contributed by atoms with Crippen LogP contribution in [0.25, 0.3) is 0 Å². The summed E-state index contributed by atoms with van der Waals surface area (Å²) in [5, 5.41) is 8.50. The molecule has 6 nitrogen and oxygen atoms in total. The first kappa shape index (κ1) is 19.4. The highest BCUT2D eigenvalue weighted by molar-refractivity contribution is 7.45. The van der Waals surface area contributed by atoms with Gasteiger partial charge in [0.1, 0.15) is 0 Å². The van der Waals surface area contributed by atoms with Gasteiger partial charge in [0.25, 0.3) is 0 Å². The first-order valence-corrected chi connectivity index (χ1v) is 7.38. The molecular weight excluding hydrogens is 247 g/mol. The fraction of sp³-hybridized carbons (Fsp3) is 1.00. The molecule has 0 aromatic heterocycles. The number of aliphatic hydroxyl groups is 1. The summed E-state index contributed by atoms with van der Waals surface area (Å²) < 4.78 is 14.2. The van der Waals surface area contributed by atoms with E-state index in [4.69, 9.17) is 29.1 Å². The zero-order valence-electron chi connectivity index (χ0n) is 10.6. The molecule has 0 rings (SSSR count). The highest BCUT2D eigenvalue weighted by Gasteiger charge is 2.04. The summed E-state index contributed by atoms with van der Waals surface area (Å²) in [7, 11) is -4.64. The van der Waals surface area contributed by atoms with Crippen molar-refractivity contribution in [2.24, 2.45) is 5.92 Å². The Morgan fingerprint density at radius 3 is 2.12 bits per heavy atom. The third-order valence-corrected chi connectivity index (χ3v) is 2.13. The summed E-state index contributed by atoms with van der Waals surface area (Å²) in [4.78, 5) is 21.6. The highest BCUT2D eigenvalue weighted by Crippen LogP contribution is 2.25. The van der Waals surface area contributed by atoms with Gasteiger partial charge in [0.2, 0.25) is 0 Å². The molecule has 17 heavy (non-hydrogen) atoms. The van der Waals surface area contributed by atoms with E-state index in [-0.39, 0.29) is 6.61 Å². The van der Waals surface area contributed by atoms with Gasteiger partial charge in [-0.3, -0.25) is 0 Å². The molecule has 0 saturated carbocycles. The van der Waals surface area contributed by atoms with Crippen molar-refractivity contribution in [3.8, 4) is 0 Å². The van der Waals surface area contributed by atoms with E-state index >= 15 is 0 Å². The van der Waals surface area contributed by atoms with Crippen LogP contribution >= 0.6 is 7.82 Å². The van der Waals surface area contributed by atoms with Gasteiger partial charge >= 0.3 is 7.82 Å². The third kappa shape index (κ3) is 25.9. The van der Waals surface area contributed by atoms with Gasteiger partial charge in [-0.1, -0.05) is 33.1 Å². The summed E-state index contributed by atoms with van der Waals surface area (Å²) in [5.41, 5.74) is 0. The largest absolute Gasteiger partial charge is 0.466 e. The predicted octanol–water partition coefficient (Wildman–Crippen LogP) is 1.28. The van der Waals surface area contributed by atoms with Gasteiger partial charge in [0.05, 0.1) is 13.2 Å². The van der Waals surface area contributed by atoms with Crippen LogP contribution in [0.2, 0.25) is 0 Å². The summed E-state index contributed by atoms with van der Waals surface area (Å²) >= 11 is 0. The van der Waals surface area contributed by atoms with E-state index in [0.29, 0.717) is 12.5 Å². The minimum atomic E-state index is -4.64. The quantitative estimate of drug-likeness (QED) is 0.392. The smallest absolute Gasteiger partial charge is 0.394 e. The number of hydrogen-bond donors (Lipinski definition) is 4. The maximum absolute atomic E-state index is 8.88. The van der Waals surface area contributed by atoms with Crippen molar-refractivity contribution in [1.29, 1.82) is 0 Å². The molecule has 0 aliphatic rings. The lowest BCUT2D eigenvalue weighted by atomic mass is 10.0. The van der Waals surface area contributed by atoms with Crippen LogP contribution in [0.4, 0.5) is 0 Å². The van der Waals surface area contributed by atoms with Crippen molar-refractivity contribution < 1.29 is 29.1 Å². The molecule has 1 unspecified atom stereocenters. The third-order valence-electron chi connectivity index (χ3n) is 2.13. The Hall–Kier alpha value is 0.0300. The maximum atomic E-state index is 8.88. The minimum Gasteiger partial charge on any atom is -0.394 e. The molecule has 0 radical (unpaired) electrons. The molecule has 0 amide bonds. The first-order valence-electron chi connectivity index (χ1n) is 5.82. The van der Waals surface area contributed by atoms with E-state index in [2.05, 4.69) is 13.8 Å². The second-order valence-corrected chi connectivity index (χ2v) is 4.75. The van der Waals surface area contributed by atoms with Gasteiger partial charge in [0, 0.05) is 6.61 Å². The molecular formula is C10H25O6P. The van der Waals surface area contributed by atoms with Gasteiger partial charge in [-0.2, -0.15) is 0 Å². The molecule has 0 aromatic rings. The average Bonchev–Trinajstić information content (AvgIpc) is 2.21. The first-order chi connectivity index (χ1) is 7.85. The number of hydrogen-bond acceptors (Lipinski definition) is 3. The number of phosphoric acid groups is 1. The second kappa shape index (κ2) is 12.5. The Labute approximate surface area is 103 Å². The van der Waals surface area contributed by atoms with Gasteiger partial charge in [0.15, 0.2) is 0 Å². The molecule has 1 atom stereocenters. The van der Waals surface area contributed by atoms with Gasteiger partial charge < -0.3 is 24.5 Å². The van der Waals surface area contributed by atoms with Gasteiger partial charge in [-0.05, 0) is 12.3 Å². The highest BCUT2D eigenvalue weighted by atomic mass is 31.2. The SMILES string of the molecule is CCCCC(CC)COCCO.O=P(O)(O)O. The molecule has 0 bridgehead atoms. The summed E-state index contributed by atoms with van der Waals surface area (Å²) in [6.07, 6.45) is 5.00. The Morgan fingerprint density at radius 2 is 1.76 bits per heavy atom. The molecule has 4 N–H and O–H groups in total. The Morgan fingerprint density at radius 1 is 1.24 bits per heavy atom. The van der Waals surface area contributed by atoms with Gasteiger partial charge in [-0.15, -0.1) is 0 Å². The van der Waals surface area contributed by atoms with Crippen molar-refractivity contribution >= 4 is 7.82 Å². The van der Waals surface area contributed by atoms with E-state index in [9.17, 15) is 0 Å². The molecule has 0 spiro atoms. The Kier molecular flexibility index (Phi) is 14.2. The lowest BCUT2D eigenvalue weighted by Crippen LogP contribution is -2.10. The van der Waals surface area contributed by atoms with Crippen molar-refractivity contribution in [2.45, 2.75) is 39.5 Å². The van der Waals surface area contributed by atoms with Crippen LogP contribution in [0.3, 0.4) is 0 Å². The summed E-state index contributed by atoms with van der Waals surface area (Å²) in [6, 6.07) is 0. The van der Waals surface area contributed by atoms with Crippen LogP contribution in [-0.2, 0) is 9.30 Å². The standard InChI is InChI=1S/C10H22O2.H3O4P/c1-3-5-6-10(4-2)9-12-8-7-11;1-5(2,3)4/h10-11H,3-9H2,1-2H3;(H3,1,2,3,4). The van der Waals surface area contributed by atoms with Crippen LogP contribution in [0, 0.1) is 5.92 Å². The normalized spacial score (nSPS) is 12.8. The number of unbranched alkanes of at least 4 members (excludes halogenated alkanes) is 1. The molecule has 0 fully saturated rings. The predicted molar refractivity (Wildman–Crippen MR) is 65.5 cm³/mol. The van der Waals surface area contributed by atoms with Gasteiger partial charge in [-0.25, -0.2) is 4.57 Å². The molecule has 0 aromatic carbocycles. The molecule has 0 aliphatic heterocycles. The molecule has 0 aliphatic carbocycles. The topological polar surface area (TPSA) is 107 Å². The number of aliphatic hydroxyl groups excluding tert-OH is 1. The van der Waals surface area contributed by atoms with Crippen LogP contribution in [0.5, 0.6) is 0 Å². The van der Waals surface area contributed by atoms with E-state index in [1.165, 1.54) is 25.7 Å². The summed E-state index contributed by atoms with van der Waals surface area (Å²) in [6.45, 7) is 5.85. The van der Waals surface area contributed by atoms with E-state index < -0.39 is 7.82 Å². The lowest BCUT2D eigenvalue weighted by Gasteiger charge is -2.13. The van der Waals surface area contributed by atoms with E-state index in [1.54, 1.807) is 0 Å². The minimum absolute atomic E-state index is 0.143. The zero-order valence-corrected chi connectivity index (χ0v) is 11.5. The van der Waals surface area contributed by atoms with E-state index in [1.807, 2.05) is 0 Å². The van der Waals surface area contributed by atoms with Crippen LogP contribution in [-0.4, -0.2) is 39.6 Å². The Balaban J connectivity index is 0. The molecule has 106 valence electrons. The maximum Gasteiger partial charge on any atom is 0.466 e. The average molecular weight is 272 g/mol. The zero-order chi connectivity index (χ0) is 13.7. The van der Waals surface area contributed by atoms with Crippen LogP contribution in [0.15, 0.2) is 0 Å². The van der Waals surface area contributed by atoms with Crippen molar-refractivity contribution in [2.75, 3.05) is 19.8 Å². The Bertz CT molecular complexity index is 185. The second-order valence-electron chi connectivity index (χ2n) is 3.73.